The summed E-state index contributed by atoms with van der Waals surface area (Å²) >= 11 is 5.93. The van der Waals surface area contributed by atoms with Crippen LogP contribution in [-0.2, 0) is 4.79 Å². The first-order valence-electron chi connectivity index (χ1n) is 10.1. The van der Waals surface area contributed by atoms with Crippen LogP contribution in [0.4, 0.5) is 5.69 Å². The Labute approximate surface area is 190 Å². The van der Waals surface area contributed by atoms with Crippen LogP contribution in [0, 0.1) is 0 Å². The fraction of sp³-hybridized carbons (Fsp3) is 0.167. The van der Waals surface area contributed by atoms with Crippen LogP contribution in [0.25, 0.3) is 17.4 Å². The molecule has 3 aromatic rings. The van der Waals surface area contributed by atoms with Gasteiger partial charge in [-0.1, -0.05) is 29.8 Å². The zero-order valence-corrected chi connectivity index (χ0v) is 18.0. The molecule has 2 N–H and O–H groups in total. The van der Waals surface area contributed by atoms with Gasteiger partial charge in [0.1, 0.15) is 12.0 Å². The molecule has 2 amide bonds. The van der Waals surface area contributed by atoms with Gasteiger partial charge in [-0.15, -0.1) is 0 Å². The van der Waals surface area contributed by atoms with Gasteiger partial charge in [0.15, 0.2) is 0 Å². The lowest BCUT2D eigenvalue weighted by Gasteiger charge is -2.36. The number of rotatable bonds is 5. The molecule has 0 atom stereocenters. The number of carbonyl (C=O) groups is 2. The van der Waals surface area contributed by atoms with Crippen LogP contribution in [-0.4, -0.2) is 48.1 Å². The van der Waals surface area contributed by atoms with Crippen LogP contribution in [0.3, 0.4) is 0 Å². The first-order chi connectivity index (χ1) is 15.5. The second-order valence-electron chi connectivity index (χ2n) is 7.35. The summed E-state index contributed by atoms with van der Waals surface area (Å²) in [5.74, 6) is -0.0361. The first kappa shape index (κ1) is 21.7. The molecular formula is C24H22ClN3O4. The van der Waals surface area contributed by atoms with E-state index in [-0.39, 0.29) is 5.91 Å². The van der Waals surface area contributed by atoms with Crippen LogP contribution in [0.1, 0.15) is 15.9 Å². The molecule has 4 rings (SSSR count). The molecule has 1 fully saturated rings. The minimum Gasteiger partial charge on any atom is -0.464 e. The topological polar surface area (TPSA) is 86.0 Å². The molecule has 164 valence electrons. The Kier molecular flexibility index (Phi) is 6.58. The Balaban J connectivity index is 1.41. The largest absolute Gasteiger partial charge is 0.464 e. The van der Waals surface area contributed by atoms with Crippen LogP contribution >= 0.6 is 11.6 Å². The van der Waals surface area contributed by atoms with Crippen molar-refractivity contribution in [3.63, 3.8) is 0 Å². The summed E-state index contributed by atoms with van der Waals surface area (Å²) in [5, 5.41) is 9.31. The molecule has 1 aliphatic rings. The Morgan fingerprint density at radius 2 is 1.75 bits per heavy atom. The fourth-order valence-electron chi connectivity index (χ4n) is 3.67. The van der Waals surface area contributed by atoms with Gasteiger partial charge in [0, 0.05) is 48.5 Å². The molecule has 32 heavy (non-hydrogen) atoms. The van der Waals surface area contributed by atoms with Crippen molar-refractivity contribution in [3.05, 3.63) is 83.1 Å². The van der Waals surface area contributed by atoms with E-state index in [1.54, 1.807) is 29.8 Å². The number of carbonyl (C=O) groups excluding carboxylic acids is 2. The number of halogens is 1. The molecule has 0 radical (unpaired) electrons. The van der Waals surface area contributed by atoms with E-state index in [1.165, 1.54) is 12.3 Å². The summed E-state index contributed by atoms with van der Waals surface area (Å²) in [5.41, 5.74) is 4.79. The second-order valence-corrected chi connectivity index (χ2v) is 7.79. The molecule has 7 nitrogen and oxygen atoms in total. The standard InChI is InChI=1S/C24H22ClN3O4/c25-20-8-5-18(6-9-20)22-15-19(16-32-22)24(30)28-13-11-27(12-14-28)21-4-2-1-3-17(21)7-10-23(29)26-31/h1-10,15-16,31H,11-14H2,(H,26,29)/b10-7+. The van der Waals surface area contributed by atoms with E-state index < -0.39 is 5.91 Å². The Morgan fingerprint density at radius 1 is 1.03 bits per heavy atom. The lowest BCUT2D eigenvalue weighted by molar-refractivity contribution is -0.124. The molecule has 0 unspecified atom stereocenters. The van der Waals surface area contributed by atoms with Crippen LogP contribution in [0.15, 0.2) is 71.4 Å². The monoisotopic (exact) mass is 451 g/mol. The summed E-state index contributed by atoms with van der Waals surface area (Å²) < 4.78 is 5.61. The summed E-state index contributed by atoms with van der Waals surface area (Å²) in [6, 6.07) is 16.7. The van der Waals surface area contributed by atoms with Crippen molar-refractivity contribution in [1.82, 2.24) is 10.4 Å². The van der Waals surface area contributed by atoms with Crippen molar-refractivity contribution < 1.29 is 19.2 Å². The van der Waals surface area contributed by atoms with Crippen molar-refractivity contribution in [2.24, 2.45) is 0 Å². The predicted octanol–water partition coefficient (Wildman–Crippen LogP) is 4.08. The normalized spacial score (nSPS) is 14.1. The predicted molar refractivity (Wildman–Crippen MR) is 123 cm³/mol. The molecule has 0 spiro atoms. The van der Waals surface area contributed by atoms with E-state index >= 15 is 0 Å². The van der Waals surface area contributed by atoms with Crippen LogP contribution in [0.2, 0.25) is 5.02 Å². The van der Waals surface area contributed by atoms with Gasteiger partial charge in [-0.25, -0.2) is 5.48 Å². The Hall–Kier alpha value is -3.55. The average Bonchev–Trinajstić information content (AvgIpc) is 3.33. The third-order valence-corrected chi connectivity index (χ3v) is 5.60. The van der Waals surface area contributed by atoms with Crippen molar-refractivity contribution in [2.75, 3.05) is 31.1 Å². The van der Waals surface area contributed by atoms with Gasteiger partial charge in [-0.3, -0.25) is 14.8 Å². The molecule has 0 saturated carbocycles. The number of piperazine rings is 1. The third kappa shape index (κ3) is 4.85. The molecular weight excluding hydrogens is 430 g/mol. The maximum Gasteiger partial charge on any atom is 0.267 e. The zero-order valence-electron chi connectivity index (χ0n) is 17.2. The quantitative estimate of drug-likeness (QED) is 0.347. The molecule has 1 aromatic heterocycles. The van der Waals surface area contributed by atoms with Gasteiger partial charge in [0.05, 0.1) is 5.56 Å². The number of para-hydroxylation sites is 1. The highest BCUT2D eigenvalue weighted by molar-refractivity contribution is 6.30. The van der Waals surface area contributed by atoms with Gasteiger partial charge in [-0.2, -0.15) is 0 Å². The number of amides is 2. The minimum absolute atomic E-state index is 0.0681. The first-order valence-corrected chi connectivity index (χ1v) is 10.5. The van der Waals surface area contributed by atoms with Gasteiger partial charge in [0.2, 0.25) is 0 Å². The van der Waals surface area contributed by atoms with Crippen molar-refractivity contribution in [2.45, 2.75) is 0 Å². The van der Waals surface area contributed by atoms with Crippen LogP contribution in [0.5, 0.6) is 0 Å². The highest BCUT2D eigenvalue weighted by atomic mass is 35.5. The van der Waals surface area contributed by atoms with Gasteiger partial charge >= 0.3 is 0 Å². The number of benzene rings is 2. The number of nitrogens with zero attached hydrogens (tertiary/aromatic N) is 2. The molecule has 0 bridgehead atoms. The van der Waals surface area contributed by atoms with Gasteiger partial charge in [-0.05, 0) is 48.0 Å². The fourth-order valence-corrected chi connectivity index (χ4v) is 3.79. The maximum atomic E-state index is 13.0. The lowest BCUT2D eigenvalue weighted by Crippen LogP contribution is -2.48. The van der Waals surface area contributed by atoms with E-state index in [1.807, 2.05) is 41.3 Å². The smallest absolute Gasteiger partial charge is 0.267 e. The SMILES string of the molecule is O=C(/C=C/c1ccccc1N1CCN(C(=O)c2coc(-c3ccc(Cl)cc3)c2)CC1)NO. The number of furan rings is 1. The van der Waals surface area contributed by atoms with Crippen molar-refractivity contribution in [1.29, 1.82) is 0 Å². The summed E-state index contributed by atoms with van der Waals surface area (Å²) in [7, 11) is 0. The van der Waals surface area contributed by atoms with Crippen molar-refractivity contribution >= 4 is 35.2 Å². The Morgan fingerprint density at radius 3 is 2.47 bits per heavy atom. The number of hydroxylamine groups is 1. The van der Waals surface area contributed by atoms with Gasteiger partial charge < -0.3 is 14.2 Å². The number of anilines is 1. The van der Waals surface area contributed by atoms with Crippen LogP contribution < -0.4 is 10.4 Å². The summed E-state index contributed by atoms with van der Waals surface area (Å²) in [4.78, 5) is 28.3. The van der Waals surface area contributed by atoms with Gasteiger partial charge in [0.25, 0.3) is 11.8 Å². The molecule has 2 heterocycles. The maximum absolute atomic E-state index is 13.0. The molecule has 1 saturated heterocycles. The molecule has 8 heteroatoms. The highest BCUT2D eigenvalue weighted by Gasteiger charge is 2.24. The second kappa shape index (κ2) is 9.72. The summed E-state index contributed by atoms with van der Waals surface area (Å²) in [6.07, 6.45) is 4.42. The van der Waals surface area contributed by atoms with Crippen molar-refractivity contribution in [3.8, 4) is 11.3 Å². The lowest BCUT2D eigenvalue weighted by atomic mass is 10.1. The van der Waals surface area contributed by atoms with E-state index in [9.17, 15) is 9.59 Å². The third-order valence-electron chi connectivity index (χ3n) is 5.34. The molecule has 2 aromatic carbocycles. The Bertz CT molecular complexity index is 1130. The number of hydrogen-bond acceptors (Lipinski definition) is 5. The minimum atomic E-state index is -0.590. The van der Waals surface area contributed by atoms with E-state index in [0.29, 0.717) is 42.5 Å². The molecule has 0 aliphatic carbocycles. The highest BCUT2D eigenvalue weighted by Crippen LogP contribution is 2.26. The summed E-state index contributed by atoms with van der Waals surface area (Å²) in [6.45, 7) is 2.44. The average molecular weight is 452 g/mol. The van der Waals surface area contributed by atoms with E-state index in [2.05, 4.69) is 4.90 Å². The number of hydrogen-bond donors (Lipinski definition) is 2. The molecule has 1 aliphatic heterocycles. The van der Waals surface area contributed by atoms with E-state index in [4.69, 9.17) is 21.2 Å². The van der Waals surface area contributed by atoms with E-state index in [0.717, 1.165) is 16.8 Å². The number of nitrogens with one attached hydrogen (secondary N) is 1. The zero-order chi connectivity index (χ0) is 22.5.